The topological polar surface area (TPSA) is 71.5 Å². The number of allylic oxidation sites excluding steroid dienone is 2. The van der Waals surface area contributed by atoms with Crippen molar-refractivity contribution in [1.82, 2.24) is 19.9 Å². The van der Waals surface area contributed by atoms with E-state index in [2.05, 4.69) is 9.88 Å². The van der Waals surface area contributed by atoms with Gasteiger partial charge in [0.1, 0.15) is 23.1 Å². The van der Waals surface area contributed by atoms with Crippen LogP contribution in [0.5, 0.6) is 0 Å². The van der Waals surface area contributed by atoms with Gasteiger partial charge < -0.3 is 14.5 Å². The van der Waals surface area contributed by atoms with Crippen LogP contribution in [-0.4, -0.2) is 51.9 Å². The van der Waals surface area contributed by atoms with E-state index in [1.54, 1.807) is 37.0 Å². The molecule has 0 saturated carbocycles. The van der Waals surface area contributed by atoms with Gasteiger partial charge >= 0.3 is 0 Å². The molecule has 2 aliphatic heterocycles. The van der Waals surface area contributed by atoms with Gasteiger partial charge in [-0.3, -0.25) is 14.8 Å². The van der Waals surface area contributed by atoms with E-state index in [0.717, 1.165) is 23.1 Å². The summed E-state index contributed by atoms with van der Waals surface area (Å²) in [6.07, 6.45) is 10.00. The first-order chi connectivity index (χ1) is 17.9. The molecule has 0 aliphatic carbocycles. The zero-order valence-electron chi connectivity index (χ0n) is 20.7. The molecule has 0 bridgehead atoms. The number of aryl methyl sites for hydroxylation is 1. The molecule has 1 fully saturated rings. The van der Waals surface area contributed by atoms with Gasteiger partial charge in [0.25, 0.3) is 5.91 Å². The summed E-state index contributed by atoms with van der Waals surface area (Å²) in [7, 11) is 0. The third kappa shape index (κ3) is 5.20. The largest absolute Gasteiger partial charge is 0.470 e. The van der Waals surface area contributed by atoms with Gasteiger partial charge in [0, 0.05) is 49.7 Å². The first-order valence-electron chi connectivity index (χ1n) is 12.2. The van der Waals surface area contributed by atoms with Crippen molar-refractivity contribution in [1.29, 1.82) is 0 Å². The van der Waals surface area contributed by atoms with Crippen LogP contribution in [0.4, 0.5) is 10.2 Å². The second-order valence-electron chi connectivity index (χ2n) is 9.08. The first-order valence-corrected chi connectivity index (χ1v) is 12.6. The van der Waals surface area contributed by atoms with Crippen molar-refractivity contribution in [3.63, 3.8) is 0 Å². The molecule has 0 spiro atoms. The molecule has 7 nitrogen and oxygen atoms in total. The average Bonchev–Trinajstić information content (AvgIpc) is 3.13. The Kier molecular flexibility index (Phi) is 7.19. The lowest BCUT2D eigenvalue weighted by atomic mass is 10.0. The van der Waals surface area contributed by atoms with Crippen molar-refractivity contribution in [2.24, 2.45) is 0 Å². The van der Waals surface area contributed by atoms with Gasteiger partial charge in [-0.05, 0) is 62.6 Å². The molecule has 4 heterocycles. The summed E-state index contributed by atoms with van der Waals surface area (Å²) < 4.78 is 19.3. The van der Waals surface area contributed by atoms with Crippen molar-refractivity contribution in [2.75, 3.05) is 31.1 Å². The second kappa shape index (κ2) is 10.7. The minimum Gasteiger partial charge on any atom is -0.470 e. The molecule has 37 heavy (non-hydrogen) atoms. The number of pyridine rings is 1. The molecule has 9 heteroatoms. The van der Waals surface area contributed by atoms with Crippen LogP contribution in [0.25, 0.3) is 22.5 Å². The van der Waals surface area contributed by atoms with Gasteiger partial charge in [0.15, 0.2) is 0 Å². The minimum atomic E-state index is -0.306. The van der Waals surface area contributed by atoms with Crippen LogP contribution < -0.4 is 4.90 Å². The van der Waals surface area contributed by atoms with E-state index in [0.29, 0.717) is 66.2 Å². The molecule has 190 valence electrons. The van der Waals surface area contributed by atoms with Crippen LogP contribution in [0.1, 0.15) is 25.3 Å². The Morgan fingerprint density at radius 2 is 1.86 bits per heavy atom. The maximum Gasteiger partial charge on any atom is 0.253 e. The molecule has 5 rings (SSSR count). The average molecular weight is 520 g/mol. The third-order valence-corrected chi connectivity index (χ3v) is 7.01. The number of aromatic nitrogens is 3. The Bertz CT molecular complexity index is 1400. The Morgan fingerprint density at radius 1 is 1.05 bits per heavy atom. The van der Waals surface area contributed by atoms with Gasteiger partial charge in [-0.25, -0.2) is 9.37 Å². The Morgan fingerprint density at radius 3 is 2.62 bits per heavy atom. The molecule has 3 aromatic rings. The van der Waals surface area contributed by atoms with Crippen LogP contribution in [0.3, 0.4) is 0 Å². The summed E-state index contributed by atoms with van der Waals surface area (Å²) in [4.78, 5) is 31.0. The summed E-state index contributed by atoms with van der Waals surface area (Å²) in [6, 6.07) is 6.40. The molecular weight excluding hydrogens is 493 g/mol. The normalized spacial score (nSPS) is 16.0. The Balaban J connectivity index is 1.42. The van der Waals surface area contributed by atoms with Gasteiger partial charge in [-0.2, -0.15) is 0 Å². The van der Waals surface area contributed by atoms with Crippen LogP contribution in [0.15, 0.2) is 66.5 Å². The summed E-state index contributed by atoms with van der Waals surface area (Å²) in [5.74, 6) is 1.08. The molecule has 1 saturated heterocycles. The lowest BCUT2D eigenvalue weighted by molar-refractivity contribution is -0.127. The highest BCUT2D eigenvalue weighted by molar-refractivity contribution is 6.33. The van der Waals surface area contributed by atoms with Crippen molar-refractivity contribution < 1.29 is 13.9 Å². The summed E-state index contributed by atoms with van der Waals surface area (Å²) in [5, 5.41) is 0.453. The van der Waals surface area contributed by atoms with Crippen LogP contribution in [0, 0.1) is 12.7 Å². The zero-order chi connectivity index (χ0) is 25.9. The SMILES string of the molecule is CC1=C(C(=O)N2CCN(c3cnc(-c4ccc(F)cc4C)c(-c4ccncc4Cl)n3)CC2)CCC=CO1. The summed E-state index contributed by atoms with van der Waals surface area (Å²) in [6.45, 7) is 6.04. The number of rotatable bonds is 4. The van der Waals surface area contributed by atoms with Crippen LogP contribution in [0.2, 0.25) is 5.02 Å². The lowest BCUT2D eigenvalue weighted by Crippen LogP contribution is -2.49. The van der Waals surface area contributed by atoms with E-state index < -0.39 is 0 Å². The van der Waals surface area contributed by atoms with Gasteiger partial charge in [-0.1, -0.05) is 11.6 Å². The number of hydrogen-bond donors (Lipinski definition) is 0. The number of nitrogens with zero attached hydrogens (tertiary/aromatic N) is 5. The number of hydrogen-bond acceptors (Lipinski definition) is 6. The first kappa shape index (κ1) is 24.9. The predicted octanol–water partition coefficient (Wildman–Crippen LogP) is 5.55. The fraction of sp³-hybridized carbons (Fsp3) is 0.286. The van der Waals surface area contributed by atoms with Crippen LogP contribution in [-0.2, 0) is 9.53 Å². The van der Waals surface area contributed by atoms with Gasteiger partial charge in [0.05, 0.1) is 28.7 Å². The van der Waals surface area contributed by atoms with Gasteiger partial charge in [-0.15, -0.1) is 0 Å². The van der Waals surface area contributed by atoms with Crippen molar-refractivity contribution >= 4 is 23.3 Å². The van der Waals surface area contributed by atoms with Crippen molar-refractivity contribution in [3.05, 3.63) is 82.9 Å². The fourth-order valence-electron chi connectivity index (χ4n) is 4.66. The second-order valence-corrected chi connectivity index (χ2v) is 9.49. The molecule has 1 aromatic carbocycles. The van der Waals surface area contributed by atoms with E-state index in [4.69, 9.17) is 26.3 Å². The predicted molar refractivity (Wildman–Crippen MR) is 141 cm³/mol. The number of amides is 1. The molecule has 0 N–H and O–H groups in total. The number of piperazine rings is 1. The van der Waals surface area contributed by atoms with E-state index in [-0.39, 0.29) is 11.7 Å². The maximum atomic E-state index is 13.8. The lowest BCUT2D eigenvalue weighted by Gasteiger charge is -2.36. The minimum absolute atomic E-state index is 0.0262. The monoisotopic (exact) mass is 519 g/mol. The smallest absolute Gasteiger partial charge is 0.253 e. The van der Waals surface area contributed by atoms with E-state index in [1.807, 2.05) is 24.8 Å². The molecule has 0 radical (unpaired) electrons. The standard InChI is InChI=1S/C28H27ClFN5O2/c1-18-15-20(30)6-7-21(18)26-27(23-8-9-31-16-24(23)29)33-25(17-32-26)34-10-12-35(13-11-34)28(36)22-5-3-4-14-37-19(22)2/h4,6-9,14-17H,3,5,10-13H2,1-2H3. The van der Waals surface area contributed by atoms with E-state index in [9.17, 15) is 9.18 Å². The highest BCUT2D eigenvalue weighted by Crippen LogP contribution is 2.36. The van der Waals surface area contributed by atoms with Crippen molar-refractivity contribution in [3.8, 4) is 22.5 Å². The quantitative estimate of drug-likeness (QED) is 0.450. The summed E-state index contributed by atoms with van der Waals surface area (Å²) in [5.41, 5.74) is 4.18. The Hall–Kier alpha value is -3.78. The number of carbonyl (C=O) groups is 1. The number of benzene rings is 1. The summed E-state index contributed by atoms with van der Waals surface area (Å²) >= 11 is 6.51. The number of halogens is 2. The molecule has 2 aliphatic rings. The maximum absolute atomic E-state index is 13.8. The fourth-order valence-corrected chi connectivity index (χ4v) is 4.87. The van der Waals surface area contributed by atoms with E-state index >= 15 is 0 Å². The zero-order valence-corrected chi connectivity index (χ0v) is 21.5. The molecular formula is C28H27ClFN5O2. The molecule has 1 amide bonds. The highest BCUT2D eigenvalue weighted by Gasteiger charge is 2.27. The molecule has 0 atom stereocenters. The number of carbonyl (C=O) groups excluding carboxylic acids is 1. The van der Waals surface area contributed by atoms with Crippen molar-refractivity contribution in [2.45, 2.75) is 26.7 Å². The van der Waals surface area contributed by atoms with Gasteiger partial charge in [0.2, 0.25) is 0 Å². The third-order valence-electron chi connectivity index (χ3n) is 6.71. The Labute approximate surface area is 220 Å². The molecule has 2 aromatic heterocycles. The van der Waals surface area contributed by atoms with Crippen LogP contribution >= 0.6 is 11.6 Å². The molecule has 0 unspecified atom stereocenters. The number of anilines is 1. The number of ether oxygens (including phenoxy) is 1. The van der Waals surface area contributed by atoms with E-state index in [1.165, 1.54) is 12.1 Å². The highest BCUT2D eigenvalue weighted by atomic mass is 35.5.